The van der Waals surface area contributed by atoms with Gasteiger partial charge in [-0.25, -0.2) is 0 Å². The van der Waals surface area contributed by atoms with Gasteiger partial charge in [0.2, 0.25) is 0 Å². The van der Waals surface area contributed by atoms with Crippen molar-refractivity contribution in [3.05, 3.63) is 0 Å². The summed E-state index contributed by atoms with van der Waals surface area (Å²) in [5.74, 6) is 0. The van der Waals surface area contributed by atoms with Gasteiger partial charge < -0.3 is 4.74 Å². The fraction of sp³-hybridized carbons (Fsp3) is 1.00. The summed E-state index contributed by atoms with van der Waals surface area (Å²) in [4.78, 5) is 0. The third-order valence-electron chi connectivity index (χ3n) is 5.46. The van der Waals surface area contributed by atoms with Gasteiger partial charge in [-0.2, -0.15) is 0 Å². The van der Waals surface area contributed by atoms with Crippen LogP contribution in [-0.2, 0) is 4.74 Å². The molecule has 0 amide bonds. The standard InChI is InChI=1S/C18H34O/c1-3-5-7-9-13-17-15-11-12-16-18(17,19-17)14-10-8-6-4-2/h3-16H2,1-2H3. The van der Waals surface area contributed by atoms with Crippen molar-refractivity contribution in [2.75, 3.05) is 0 Å². The zero-order chi connectivity index (χ0) is 13.6. The molecule has 0 N–H and O–H groups in total. The van der Waals surface area contributed by atoms with E-state index in [1.165, 1.54) is 89.9 Å². The third kappa shape index (κ3) is 3.54. The SMILES string of the molecule is CCCCCCC12CCCCC1(CCCCCC)O2. The highest BCUT2D eigenvalue weighted by Gasteiger charge is 2.68. The molecule has 1 heterocycles. The number of unbranched alkanes of at least 4 members (excludes halogenated alkanes) is 6. The van der Waals surface area contributed by atoms with Crippen LogP contribution in [0.1, 0.15) is 104 Å². The summed E-state index contributed by atoms with van der Waals surface area (Å²) in [7, 11) is 0. The first-order valence-electron chi connectivity index (χ1n) is 8.99. The Labute approximate surface area is 120 Å². The molecule has 1 nitrogen and oxygen atoms in total. The average molecular weight is 266 g/mol. The Morgan fingerprint density at radius 2 is 1.16 bits per heavy atom. The van der Waals surface area contributed by atoms with Gasteiger partial charge in [0.15, 0.2) is 0 Å². The molecule has 1 heteroatoms. The summed E-state index contributed by atoms with van der Waals surface area (Å²) in [6.07, 6.45) is 19.3. The minimum absolute atomic E-state index is 0.338. The van der Waals surface area contributed by atoms with Crippen molar-refractivity contribution in [3.63, 3.8) is 0 Å². The van der Waals surface area contributed by atoms with Crippen LogP contribution in [0.15, 0.2) is 0 Å². The molecule has 0 spiro atoms. The Morgan fingerprint density at radius 1 is 0.684 bits per heavy atom. The minimum Gasteiger partial charge on any atom is -0.363 e. The molecule has 2 unspecified atom stereocenters. The van der Waals surface area contributed by atoms with Gasteiger partial charge in [0.25, 0.3) is 0 Å². The van der Waals surface area contributed by atoms with E-state index in [-0.39, 0.29) is 0 Å². The van der Waals surface area contributed by atoms with Crippen molar-refractivity contribution in [3.8, 4) is 0 Å². The van der Waals surface area contributed by atoms with Crippen molar-refractivity contribution in [1.82, 2.24) is 0 Å². The summed E-state index contributed by atoms with van der Waals surface area (Å²) in [6, 6.07) is 0. The zero-order valence-electron chi connectivity index (χ0n) is 13.3. The van der Waals surface area contributed by atoms with Crippen LogP contribution in [0.4, 0.5) is 0 Å². The number of epoxide rings is 1. The van der Waals surface area contributed by atoms with E-state index in [0.29, 0.717) is 11.2 Å². The molecule has 2 fully saturated rings. The maximum atomic E-state index is 6.41. The van der Waals surface area contributed by atoms with Gasteiger partial charge in [0, 0.05) is 0 Å². The first-order valence-corrected chi connectivity index (χ1v) is 8.99. The average Bonchev–Trinajstić information content (AvgIpc) is 3.09. The largest absolute Gasteiger partial charge is 0.363 e. The summed E-state index contributed by atoms with van der Waals surface area (Å²) >= 11 is 0. The third-order valence-corrected chi connectivity index (χ3v) is 5.46. The lowest BCUT2D eigenvalue weighted by Crippen LogP contribution is -2.30. The van der Waals surface area contributed by atoms with E-state index in [9.17, 15) is 0 Å². The molecule has 2 aliphatic rings. The number of hydrogen-bond donors (Lipinski definition) is 0. The monoisotopic (exact) mass is 266 g/mol. The lowest BCUT2D eigenvalue weighted by Gasteiger charge is -2.25. The second kappa shape index (κ2) is 7.11. The maximum absolute atomic E-state index is 6.41. The molecule has 0 radical (unpaired) electrons. The first kappa shape index (κ1) is 15.4. The molecule has 2 atom stereocenters. The molecule has 0 aromatic heterocycles. The van der Waals surface area contributed by atoms with Gasteiger partial charge in [0.05, 0.1) is 11.2 Å². The Hall–Kier alpha value is -0.0400. The van der Waals surface area contributed by atoms with Crippen LogP contribution in [0.5, 0.6) is 0 Å². The second-order valence-corrected chi connectivity index (χ2v) is 6.92. The summed E-state index contributed by atoms with van der Waals surface area (Å²) in [5, 5.41) is 0. The minimum atomic E-state index is 0.338. The van der Waals surface area contributed by atoms with Gasteiger partial charge in [0.1, 0.15) is 0 Å². The molecule has 19 heavy (non-hydrogen) atoms. The Balaban J connectivity index is 1.75. The van der Waals surface area contributed by atoms with E-state index < -0.39 is 0 Å². The van der Waals surface area contributed by atoms with Crippen molar-refractivity contribution in [2.45, 2.75) is 115 Å². The van der Waals surface area contributed by atoms with E-state index in [4.69, 9.17) is 4.74 Å². The smallest absolute Gasteiger partial charge is 0.0980 e. The molecular formula is C18H34O. The normalized spacial score (nSPS) is 33.2. The molecule has 1 saturated carbocycles. The van der Waals surface area contributed by atoms with E-state index in [1.807, 2.05) is 0 Å². The molecule has 1 aliphatic heterocycles. The van der Waals surface area contributed by atoms with E-state index in [0.717, 1.165) is 0 Å². The van der Waals surface area contributed by atoms with Crippen LogP contribution in [0, 0.1) is 0 Å². The Kier molecular flexibility index (Phi) is 5.74. The van der Waals surface area contributed by atoms with Crippen LogP contribution in [0.3, 0.4) is 0 Å². The quantitative estimate of drug-likeness (QED) is 0.348. The van der Waals surface area contributed by atoms with Crippen molar-refractivity contribution in [1.29, 1.82) is 0 Å². The van der Waals surface area contributed by atoms with Crippen LogP contribution < -0.4 is 0 Å². The molecule has 0 aromatic carbocycles. The lowest BCUT2D eigenvalue weighted by molar-refractivity contribution is 0.243. The number of ether oxygens (including phenoxy) is 1. The fourth-order valence-electron chi connectivity index (χ4n) is 4.21. The number of rotatable bonds is 10. The Morgan fingerprint density at radius 3 is 1.58 bits per heavy atom. The van der Waals surface area contributed by atoms with Gasteiger partial charge in [-0.3, -0.25) is 0 Å². The lowest BCUT2D eigenvalue weighted by atomic mass is 9.74. The second-order valence-electron chi connectivity index (χ2n) is 6.92. The number of hydrogen-bond acceptors (Lipinski definition) is 1. The van der Waals surface area contributed by atoms with Crippen LogP contribution >= 0.6 is 0 Å². The topological polar surface area (TPSA) is 12.5 Å². The van der Waals surface area contributed by atoms with E-state index in [1.54, 1.807) is 0 Å². The van der Waals surface area contributed by atoms with Gasteiger partial charge in [-0.1, -0.05) is 78.1 Å². The summed E-state index contributed by atoms with van der Waals surface area (Å²) in [6.45, 7) is 4.59. The van der Waals surface area contributed by atoms with Crippen LogP contribution in [0.25, 0.3) is 0 Å². The molecule has 0 bridgehead atoms. The highest BCUT2D eigenvalue weighted by atomic mass is 16.6. The van der Waals surface area contributed by atoms with Gasteiger partial charge in [-0.15, -0.1) is 0 Å². The van der Waals surface area contributed by atoms with Crippen molar-refractivity contribution < 1.29 is 4.74 Å². The van der Waals surface area contributed by atoms with E-state index >= 15 is 0 Å². The molecule has 1 saturated heterocycles. The molecule has 1 aliphatic carbocycles. The maximum Gasteiger partial charge on any atom is 0.0980 e. The van der Waals surface area contributed by atoms with Gasteiger partial charge in [-0.05, 0) is 25.7 Å². The summed E-state index contributed by atoms with van der Waals surface area (Å²) < 4.78 is 6.41. The number of fused-ring (bicyclic) bond motifs is 1. The molecule has 0 aromatic rings. The predicted molar refractivity (Wildman–Crippen MR) is 82.5 cm³/mol. The highest BCUT2D eigenvalue weighted by molar-refractivity contribution is 5.17. The predicted octanol–water partition coefficient (Wildman–Crippen LogP) is 6.01. The zero-order valence-corrected chi connectivity index (χ0v) is 13.3. The van der Waals surface area contributed by atoms with Crippen LogP contribution in [-0.4, -0.2) is 11.2 Å². The van der Waals surface area contributed by atoms with Crippen molar-refractivity contribution in [2.24, 2.45) is 0 Å². The molecule has 112 valence electrons. The van der Waals surface area contributed by atoms with E-state index in [2.05, 4.69) is 13.8 Å². The molecule has 2 rings (SSSR count). The van der Waals surface area contributed by atoms with Crippen LogP contribution in [0.2, 0.25) is 0 Å². The fourth-order valence-corrected chi connectivity index (χ4v) is 4.21. The van der Waals surface area contributed by atoms with Gasteiger partial charge >= 0.3 is 0 Å². The highest BCUT2D eigenvalue weighted by Crippen LogP contribution is 2.62. The van der Waals surface area contributed by atoms with Crippen molar-refractivity contribution >= 4 is 0 Å². The first-order chi connectivity index (χ1) is 9.29. The summed E-state index contributed by atoms with van der Waals surface area (Å²) in [5.41, 5.74) is 0.677. The molecular weight excluding hydrogens is 232 g/mol. The Bertz CT molecular complexity index is 236.